The lowest BCUT2D eigenvalue weighted by Gasteiger charge is -2.14. The van der Waals surface area contributed by atoms with Crippen LogP contribution in [0.4, 0.5) is 0 Å². The van der Waals surface area contributed by atoms with Crippen LogP contribution in [0.15, 0.2) is 41.3 Å². The quantitative estimate of drug-likeness (QED) is 0.231. The van der Waals surface area contributed by atoms with Gasteiger partial charge in [-0.05, 0) is 58.9 Å². The summed E-state index contributed by atoms with van der Waals surface area (Å²) in [5, 5.41) is 0.659. The molecule has 0 atom stereocenters. The van der Waals surface area contributed by atoms with Crippen LogP contribution < -0.4 is 9.47 Å². The Hall–Kier alpha value is -1.29. The molecule has 1 aliphatic heterocycles. The summed E-state index contributed by atoms with van der Waals surface area (Å²) >= 11 is 15.1. The Labute approximate surface area is 198 Å². The van der Waals surface area contributed by atoms with Crippen molar-refractivity contribution in [2.24, 2.45) is 0 Å². The van der Waals surface area contributed by atoms with Crippen molar-refractivity contribution >= 4 is 74.5 Å². The van der Waals surface area contributed by atoms with E-state index in [9.17, 15) is 4.79 Å². The van der Waals surface area contributed by atoms with E-state index in [0.717, 1.165) is 21.1 Å². The van der Waals surface area contributed by atoms with Gasteiger partial charge in [0, 0.05) is 17.1 Å². The number of rotatable bonds is 7. The highest BCUT2D eigenvalue weighted by atomic mass is 127. The second kappa shape index (κ2) is 10.1. The largest absolute Gasteiger partial charge is 0.493 e. The normalized spacial score (nSPS) is 15.3. The van der Waals surface area contributed by atoms with Crippen LogP contribution in [-0.2, 0) is 11.4 Å². The molecule has 1 fully saturated rings. The summed E-state index contributed by atoms with van der Waals surface area (Å²) in [5.74, 6) is 1.19. The molecule has 0 aliphatic carbocycles. The van der Waals surface area contributed by atoms with E-state index < -0.39 is 0 Å². The average Bonchev–Trinajstić information content (AvgIpc) is 2.95. The van der Waals surface area contributed by atoms with Crippen molar-refractivity contribution in [3.8, 4) is 11.5 Å². The summed E-state index contributed by atoms with van der Waals surface area (Å²) in [7, 11) is 1.60. The third kappa shape index (κ3) is 5.25. The summed E-state index contributed by atoms with van der Waals surface area (Å²) in [6.45, 7) is 3.00. The smallest absolute Gasteiger partial charge is 0.266 e. The Kier molecular flexibility index (Phi) is 7.84. The van der Waals surface area contributed by atoms with E-state index in [0.29, 0.717) is 38.9 Å². The number of hydrogen-bond donors (Lipinski definition) is 0. The number of halogens is 2. The maximum atomic E-state index is 12.6. The number of hydrogen-bond acceptors (Lipinski definition) is 5. The number of ether oxygens (including phenoxy) is 2. The average molecular weight is 560 g/mol. The minimum absolute atomic E-state index is 0.0464. The molecule has 0 bridgehead atoms. The molecule has 1 heterocycles. The van der Waals surface area contributed by atoms with Crippen LogP contribution in [0.5, 0.6) is 11.5 Å². The number of amides is 1. The number of methoxy groups -OCH3 is 1. The highest BCUT2D eigenvalue weighted by Gasteiger charge is 2.31. The Bertz CT molecular complexity index is 980. The molecule has 0 aromatic heterocycles. The zero-order chi connectivity index (χ0) is 21.0. The molecule has 1 aliphatic rings. The molecule has 4 nitrogen and oxygen atoms in total. The minimum Gasteiger partial charge on any atom is -0.493 e. The second-order valence-corrected chi connectivity index (χ2v) is 9.49. The lowest BCUT2D eigenvalue weighted by molar-refractivity contribution is -0.122. The predicted molar refractivity (Wildman–Crippen MR) is 132 cm³/mol. The summed E-state index contributed by atoms with van der Waals surface area (Å²) in [5.41, 5.74) is 1.75. The van der Waals surface area contributed by atoms with Crippen molar-refractivity contribution < 1.29 is 14.3 Å². The fraction of sp³-hybridized carbons (Fsp3) is 0.238. The molecule has 0 saturated carbocycles. The maximum Gasteiger partial charge on any atom is 0.266 e. The van der Waals surface area contributed by atoms with Gasteiger partial charge in [-0.3, -0.25) is 9.69 Å². The van der Waals surface area contributed by atoms with Gasteiger partial charge in [-0.1, -0.05) is 60.7 Å². The van der Waals surface area contributed by atoms with Crippen LogP contribution in [0.3, 0.4) is 0 Å². The van der Waals surface area contributed by atoms with Crippen LogP contribution in [0, 0.1) is 3.57 Å². The van der Waals surface area contributed by atoms with Gasteiger partial charge in [0.2, 0.25) is 0 Å². The molecule has 1 saturated heterocycles. The van der Waals surface area contributed by atoms with E-state index >= 15 is 0 Å². The highest BCUT2D eigenvalue weighted by molar-refractivity contribution is 14.1. The molecular formula is C21H19ClINO3S2. The molecule has 0 spiro atoms. The molecule has 0 N–H and O–H groups in total. The van der Waals surface area contributed by atoms with Crippen molar-refractivity contribution in [3.05, 3.63) is 61.0 Å². The van der Waals surface area contributed by atoms with Crippen LogP contribution in [0.25, 0.3) is 6.08 Å². The SMILES string of the molecule is CCCN1C(=O)/C(=C/c2cc(I)c(OCc3ccccc3Cl)c(OC)c2)SC1=S. The first-order valence-corrected chi connectivity index (χ1v) is 11.6. The number of carbonyl (C=O) groups excluding carboxylic acids is 1. The topological polar surface area (TPSA) is 38.8 Å². The fourth-order valence-corrected chi connectivity index (χ4v) is 5.08. The summed E-state index contributed by atoms with van der Waals surface area (Å²) in [6.07, 6.45) is 2.71. The van der Waals surface area contributed by atoms with E-state index in [2.05, 4.69) is 22.6 Å². The van der Waals surface area contributed by atoms with Crippen LogP contribution in [-0.4, -0.2) is 28.8 Å². The van der Waals surface area contributed by atoms with Crippen molar-refractivity contribution in [2.45, 2.75) is 20.0 Å². The van der Waals surface area contributed by atoms with Gasteiger partial charge in [0.1, 0.15) is 10.9 Å². The van der Waals surface area contributed by atoms with E-state index in [1.165, 1.54) is 11.8 Å². The molecule has 2 aromatic carbocycles. The third-order valence-corrected chi connectivity index (χ3v) is 6.75. The molecule has 1 amide bonds. The van der Waals surface area contributed by atoms with Crippen molar-refractivity contribution in [2.75, 3.05) is 13.7 Å². The molecule has 2 aromatic rings. The molecule has 3 rings (SSSR count). The van der Waals surface area contributed by atoms with Crippen molar-refractivity contribution in [3.63, 3.8) is 0 Å². The molecule has 152 valence electrons. The monoisotopic (exact) mass is 559 g/mol. The van der Waals surface area contributed by atoms with E-state index in [1.807, 2.05) is 49.4 Å². The lowest BCUT2D eigenvalue weighted by atomic mass is 10.1. The molecule has 29 heavy (non-hydrogen) atoms. The van der Waals surface area contributed by atoms with Gasteiger partial charge in [0.25, 0.3) is 5.91 Å². The number of benzene rings is 2. The van der Waals surface area contributed by atoms with Gasteiger partial charge in [-0.2, -0.15) is 0 Å². The maximum absolute atomic E-state index is 12.6. The van der Waals surface area contributed by atoms with Gasteiger partial charge >= 0.3 is 0 Å². The fourth-order valence-electron chi connectivity index (χ4n) is 2.80. The van der Waals surface area contributed by atoms with Crippen molar-refractivity contribution in [1.82, 2.24) is 4.90 Å². The Morgan fingerprint density at radius 3 is 2.76 bits per heavy atom. The number of thiocarbonyl (C=S) groups is 1. The second-order valence-electron chi connectivity index (χ2n) is 6.25. The Morgan fingerprint density at radius 1 is 1.31 bits per heavy atom. The van der Waals surface area contributed by atoms with Crippen LogP contribution >= 0.6 is 58.2 Å². The van der Waals surface area contributed by atoms with E-state index in [4.69, 9.17) is 33.3 Å². The summed E-state index contributed by atoms with van der Waals surface area (Å²) < 4.78 is 13.0. The van der Waals surface area contributed by atoms with E-state index in [-0.39, 0.29) is 5.91 Å². The first kappa shape index (κ1) is 22.4. The Balaban J connectivity index is 1.84. The molecule has 0 unspecified atom stereocenters. The van der Waals surface area contributed by atoms with Gasteiger partial charge in [0.15, 0.2) is 11.5 Å². The zero-order valence-electron chi connectivity index (χ0n) is 15.9. The minimum atomic E-state index is -0.0464. The van der Waals surface area contributed by atoms with Gasteiger partial charge in [-0.25, -0.2) is 0 Å². The highest BCUT2D eigenvalue weighted by Crippen LogP contribution is 2.38. The summed E-state index contributed by atoms with van der Waals surface area (Å²) in [6, 6.07) is 11.4. The Morgan fingerprint density at radius 2 is 2.07 bits per heavy atom. The van der Waals surface area contributed by atoms with Gasteiger partial charge < -0.3 is 9.47 Å². The third-order valence-electron chi connectivity index (χ3n) is 4.20. The summed E-state index contributed by atoms with van der Waals surface area (Å²) in [4.78, 5) is 14.9. The molecule has 0 radical (unpaired) electrons. The number of carbonyl (C=O) groups is 1. The van der Waals surface area contributed by atoms with Crippen LogP contribution in [0.1, 0.15) is 24.5 Å². The lowest BCUT2D eigenvalue weighted by Crippen LogP contribution is -2.28. The zero-order valence-corrected chi connectivity index (χ0v) is 20.5. The predicted octanol–water partition coefficient (Wildman–Crippen LogP) is 6.14. The number of nitrogens with zero attached hydrogens (tertiary/aromatic N) is 1. The first-order valence-electron chi connectivity index (χ1n) is 8.93. The van der Waals surface area contributed by atoms with Gasteiger partial charge in [-0.15, -0.1) is 0 Å². The van der Waals surface area contributed by atoms with E-state index in [1.54, 1.807) is 12.0 Å². The standard InChI is InChI=1S/C21H19ClINO3S2/c1-3-8-24-20(25)18(29-21(24)28)11-13-9-16(23)19(17(10-13)26-2)27-12-14-6-4-5-7-15(14)22/h4-7,9-11H,3,8,12H2,1-2H3/b18-11-. The number of thioether (sulfide) groups is 1. The molecule has 8 heteroatoms. The molecular weight excluding hydrogens is 541 g/mol. The van der Waals surface area contributed by atoms with Gasteiger partial charge in [0.05, 0.1) is 15.6 Å². The van der Waals surface area contributed by atoms with Crippen molar-refractivity contribution in [1.29, 1.82) is 0 Å². The van der Waals surface area contributed by atoms with Crippen LogP contribution in [0.2, 0.25) is 5.02 Å². The first-order chi connectivity index (χ1) is 13.9.